The first-order valence-electron chi connectivity index (χ1n) is 5.91. The number of nitrogens with zero attached hydrogens (tertiary/aromatic N) is 2. The summed E-state index contributed by atoms with van der Waals surface area (Å²) in [6, 6.07) is -0.465. The van der Waals surface area contributed by atoms with E-state index in [-0.39, 0.29) is 25.0 Å². The molecule has 6 nitrogen and oxygen atoms in total. The second kappa shape index (κ2) is 6.84. The topological polar surface area (TPSA) is 81.1 Å². The molecule has 0 aliphatic carbocycles. The van der Waals surface area contributed by atoms with Gasteiger partial charge in [0, 0.05) is 31.6 Å². The van der Waals surface area contributed by atoms with Gasteiger partial charge in [0.05, 0.1) is 18.6 Å². The van der Waals surface area contributed by atoms with E-state index in [1.807, 2.05) is 0 Å². The zero-order valence-corrected chi connectivity index (χ0v) is 11.5. The van der Waals surface area contributed by atoms with Crippen molar-refractivity contribution in [1.82, 2.24) is 9.80 Å². The van der Waals surface area contributed by atoms with E-state index < -0.39 is 12.1 Å². The highest BCUT2D eigenvalue weighted by molar-refractivity contribution is 7.99. The van der Waals surface area contributed by atoms with Crippen LogP contribution in [0.15, 0.2) is 0 Å². The van der Waals surface area contributed by atoms with Crippen molar-refractivity contribution in [2.24, 2.45) is 0 Å². The molecule has 7 heteroatoms. The van der Waals surface area contributed by atoms with Crippen LogP contribution in [0.4, 0.5) is 4.79 Å². The third-order valence-corrected chi connectivity index (χ3v) is 3.84. The van der Waals surface area contributed by atoms with Crippen molar-refractivity contribution < 1.29 is 19.8 Å². The minimum absolute atomic E-state index is 0.0265. The van der Waals surface area contributed by atoms with E-state index in [1.165, 1.54) is 4.90 Å². The fraction of sp³-hybridized carbons (Fsp3) is 0.818. The van der Waals surface area contributed by atoms with Crippen LogP contribution in [0, 0.1) is 0 Å². The molecule has 1 rings (SSSR count). The molecular formula is C11H20N2O4S. The summed E-state index contributed by atoms with van der Waals surface area (Å²) < 4.78 is 0. The molecule has 1 fully saturated rings. The average molecular weight is 276 g/mol. The predicted molar refractivity (Wildman–Crippen MR) is 69.8 cm³/mol. The van der Waals surface area contributed by atoms with Gasteiger partial charge in [0.2, 0.25) is 0 Å². The lowest BCUT2D eigenvalue weighted by atomic mass is 10.2. The standard InChI is InChI=1S/C11H20N2O4S/c1-8(14)6-12(2)11(17)13-3-4-18-7-9(13)5-10(15)16/h8-9,14H,3-7H2,1-2H3,(H,15,16). The molecule has 1 aliphatic rings. The van der Waals surface area contributed by atoms with Crippen molar-refractivity contribution in [3.05, 3.63) is 0 Å². The third-order valence-electron chi connectivity index (χ3n) is 2.75. The molecule has 1 aliphatic heterocycles. The summed E-state index contributed by atoms with van der Waals surface area (Å²) in [4.78, 5) is 26.0. The predicted octanol–water partition coefficient (Wildman–Crippen LogP) is 0.311. The maximum atomic E-state index is 12.2. The second-order valence-electron chi connectivity index (χ2n) is 4.53. The number of likely N-dealkylation sites (N-methyl/N-ethyl adjacent to an activating group) is 1. The van der Waals surface area contributed by atoms with E-state index in [1.54, 1.807) is 30.6 Å². The largest absolute Gasteiger partial charge is 0.481 e. The van der Waals surface area contributed by atoms with Crippen LogP contribution in [0.2, 0.25) is 0 Å². The molecule has 104 valence electrons. The van der Waals surface area contributed by atoms with Gasteiger partial charge in [-0.3, -0.25) is 4.79 Å². The van der Waals surface area contributed by atoms with Crippen LogP contribution in [0.5, 0.6) is 0 Å². The van der Waals surface area contributed by atoms with Crippen LogP contribution in [0.1, 0.15) is 13.3 Å². The number of rotatable bonds is 4. The van der Waals surface area contributed by atoms with Gasteiger partial charge in [0.15, 0.2) is 0 Å². The maximum Gasteiger partial charge on any atom is 0.320 e. The summed E-state index contributed by atoms with van der Waals surface area (Å²) in [5.74, 6) is 0.587. The molecule has 0 aromatic heterocycles. The van der Waals surface area contributed by atoms with Crippen molar-refractivity contribution in [2.45, 2.75) is 25.5 Å². The van der Waals surface area contributed by atoms with Gasteiger partial charge in [-0.1, -0.05) is 0 Å². The van der Waals surface area contributed by atoms with Crippen molar-refractivity contribution in [3.63, 3.8) is 0 Å². The monoisotopic (exact) mass is 276 g/mol. The van der Waals surface area contributed by atoms with Crippen LogP contribution >= 0.6 is 11.8 Å². The summed E-state index contributed by atoms with van der Waals surface area (Å²) in [5, 5.41) is 18.1. The van der Waals surface area contributed by atoms with Gasteiger partial charge in [-0.25, -0.2) is 4.79 Å². The Morgan fingerprint density at radius 2 is 2.22 bits per heavy atom. The Morgan fingerprint density at radius 1 is 1.56 bits per heavy atom. The quantitative estimate of drug-likeness (QED) is 0.772. The lowest BCUT2D eigenvalue weighted by Gasteiger charge is -2.37. The fourth-order valence-electron chi connectivity index (χ4n) is 1.97. The molecule has 2 N–H and O–H groups in total. The summed E-state index contributed by atoms with van der Waals surface area (Å²) in [5.41, 5.74) is 0. The van der Waals surface area contributed by atoms with E-state index >= 15 is 0 Å². The van der Waals surface area contributed by atoms with Crippen molar-refractivity contribution in [2.75, 3.05) is 31.6 Å². The van der Waals surface area contributed by atoms with Gasteiger partial charge in [-0.15, -0.1) is 0 Å². The molecule has 0 aromatic carbocycles. The van der Waals surface area contributed by atoms with Gasteiger partial charge >= 0.3 is 12.0 Å². The Hall–Kier alpha value is -0.950. The Morgan fingerprint density at radius 3 is 2.78 bits per heavy atom. The normalized spacial score (nSPS) is 21.5. The smallest absolute Gasteiger partial charge is 0.320 e. The number of hydrogen-bond donors (Lipinski definition) is 2. The Bertz CT molecular complexity index is 311. The number of hydrogen-bond acceptors (Lipinski definition) is 4. The van der Waals surface area contributed by atoms with Gasteiger partial charge in [0.1, 0.15) is 0 Å². The van der Waals surface area contributed by atoms with Gasteiger partial charge in [-0.2, -0.15) is 11.8 Å². The molecular weight excluding hydrogens is 256 g/mol. The molecule has 18 heavy (non-hydrogen) atoms. The summed E-state index contributed by atoms with van der Waals surface area (Å²) in [7, 11) is 1.62. The number of thioether (sulfide) groups is 1. The Balaban J connectivity index is 2.64. The average Bonchev–Trinajstić information content (AvgIpc) is 2.27. The zero-order chi connectivity index (χ0) is 13.7. The number of aliphatic hydroxyl groups is 1. The Labute approximate surface area is 111 Å². The number of urea groups is 1. The lowest BCUT2D eigenvalue weighted by Crippen LogP contribution is -2.52. The molecule has 1 saturated heterocycles. The third kappa shape index (κ3) is 4.38. The summed E-state index contributed by atoms with van der Waals surface area (Å²) in [6.45, 7) is 2.43. The van der Waals surface area contributed by atoms with E-state index in [0.29, 0.717) is 12.3 Å². The molecule has 1 heterocycles. The molecule has 0 spiro atoms. The van der Waals surface area contributed by atoms with Crippen molar-refractivity contribution >= 4 is 23.8 Å². The molecule has 0 bridgehead atoms. The van der Waals surface area contributed by atoms with Crippen LogP contribution < -0.4 is 0 Å². The second-order valence-corrected chi connectivity index (χ2v) is 5.68. The first-order chi connectivity index (χ1) is 8.41. The number of carboxylic acids is 1. The highest BCUT2D eigenvalue weighted by atomic mass is 32.2. The van der Waals surface area contributed by atoms with E-state index in [9.17, 15) is 14.7 Å². The molecule has 2 amide bonds. The fourth-order valence-corrected chi connectivity index (χ4v) is 3.03. The SMILES string of the molecule is CC(O)CN(C)C(=O)N1CCSCC1CC(=O)O. The minimum Gasteiger partial charge on any atom is -0.481 e. The number of amides is 2. The van der Waals surface area contributed by atoms with Crippen molar-refractivity contribution in [3.8, 4) is 0 Å². The first-order valence-corrected chi connectivity index (χ1v) is 7.06. The molecule has 2 unspecified atom stereocenters. The molecule has 0 radical (unpaired) electrons. The van der Waals surface area contributed by atoms with Gasteiger partial charge in [-0.05, 0) is 6.92 Å². The van der Waals surface area contributed by atoms with E-state index in [4.69, 9.17) is 5.11 Å². The number of carbonyl (C=O) groups excluding carboxylic acids is 1. The number of carboxylic acid groups (broad SMARTS) is 1. The lowest BCUT2D eigenvalue weighted by molar-refractivity contribution is -0.138. The number of aliphatic carboxylic acids is 1. The van der Waals surface area contributed by atoms with Crippen LogP contribution in [-0.4, -0.2) is 75.8 Å². The van der Waals surface area contributed by atoms with Crippen LogP contribution in [0.25, 0.3) is 0 Å². The molecule has 0 saturated carbocycles. The summed E-state index contributed by atoms with van der Waals surface area (Å²) >= 11 is 1.67. The van der Waals surface area contributed by atoms with Crippen LogP contribution in [-0.2, 0) is 4.79 Å². The van der Waals surface area contributed by atoms with E-state index in [2.05, 4.69) is 0 Å². The van der Waals surface area contributed by atoms with Crippen molar-refractivity contribution in [1.29, 1.82) is 0 Å². The number of aliphatic hydroxyl groups excluding tert-OH is 1. The van der Waals surface area contributed by atoms with Crippen LogP contribution in [0.3, 0.4) is 0 Å². The maximum absolute atomic E-state index is 12.2. The number of carbonyl (C=O) groups is 2. The highest BCUT2D eigenvalue weighted by Crippen LogP contribution is 2.20. The first kappa shape index (κ1) is 15.1. The minimum atomic E-state index is -0.890. The van der Waals surface area contributed by atoms with Gasteiger partial charge in [0.25, 0.3) is 0 Å². The zero-order valence-electron chi connectivity index (χ0n) is 10.7. The molecule has 2 atom stereocenters. The highest BCUT2D eigenvalue weighted by Gasteiger charge is 2.30. The van der Waals surface area contributed by atoms with Gasteiger partial charge < -0.3 is 20.0 Å². The Kier molecular flexibility index (Phi) is 5.74. The van der Waals surface area contributed by atoms with E-state index in [0.717, 1.165) is 5.75 Å². The molecule has 0 aromatic rings. The summed E-state index contributed by atoms with van der Waals surface area (Å²) in [6.07, 6.45) is -0.614.